The van der Waals surface area contributed by atoms with E-state index in [1.165, 1.54) is 24.9 Å². The number of amides is 1. The van der Waals surface area contributed by atoms with E-state index >= 15 is 0 Å². The van der Waals surface area contributed by atoms with Gasteiger partial charge in [0, 0.05) is 47.9 Å². The van der Waals surface area contributed by atoms with Gasteiger partial charge in [-0.25, -0.2) is 4.98 Å². The molecular weight excluding hydrogens is 386 g/mol. The molecule has 1 saturated heterocycles. The number of carbonyl (C=O) groups is 1. The Hall–Kier alpha value is -2.79. The van der Waals surface area contributed by atoms with Crippen LogP contribution in [0, 0.1) is 0 Å². The maximum absolute atomic E-state index is 12.4. The van der Waals surface area contributed by atoms with Crippen LogP contribution in [-0.4, -0.2) is 24.0 Å². The number of halogens is 1. The molecule has 2 heterocycles. The van der Waals surface area contributed by atoms with Gasteiger partial charge in [-0.1, -0.05) is 17.7 Å². The number of hydrogen-bond acceptors (Lipinski definition) is 4. The predicted octanol–water partition coefficient (Wildman–Crippen LogP) is 5.56. The van der Waals surface area contributed by atoms with Gasteiger partial charge >= 0.3 is 0 Å². The van der Waals surface area contributed by atoms with Gasteiger partial charge in [0.2, 0.25) is 5.91 Å². The summed E-state index contributed by atoms with van der Waals surface area (Å²) >= 11 is 5.92. The molecular formula is C23H24ClN3O2. The highest BCUT2D eigenvalue weighted by molar-refractivity contribution is 6.30. The van der Waals surface area contributed by atoms with E-state index in [0.717, 1.165) is 24.3 Å². The first-order chi connectivity index (χ1) is 14.2. The summed E-state index contributed by atoms with van der Waals surface area (Å²) in [7, 11) is 0. The van der Waals surface area contributed by atoms with Crippen molar-refractivity contribution in [3.63, 3.8) is 0 Å². The summed E-state index contributed by atoms with van der Waals surface area (Å²) in [4.78, 5) is 19.0. The molecule has 0 unspecified atom stereocenters. The van der Waals surface area contributed by atoms with Crippen LogP contribution < -0.4 is 10.2 Å². The minimum absolute atomic E-state index is 0.0490. The molecule has 0 atom stereocenters. The van der Waals surface area contributed by atoms with Crippen molar-refractivity contribution < 1.29 is 9.21 Å². The number of rotatable bonds is 6. The van der Waals surface area contributed by atoms with Gasteiger partial charge in [-0.05, 0) is 61.7 Å². The monoisotopic (exact) mass is 409 g/mol. The van der Waals surface area contributed by atoms with E-state index in [-0.39, 0.29) is 5.91 Å². The number of piperidine rings is 1. The summed E-state index contributed by atoms with van der Waals surface area (Å²) in [6.45, 7) is 2.16. The molecule has 1 amide bonds. The van der Waals surface area contributed by atoms with E-state index in [1.807, 2.05) is 42.5 Å². The van der Waals surface area contributed by atoms with Crippen molar-refractivity contribution in [1.29, 1.82) is 0 Å². The molecule has 1 N–H and O–H groups in total. The van der Waals surface area contributed by atoms with Crippen molar-refractivity contribution in [2.75, 3.05) is 23.3 Å². The fraction of sp³-hybridized carbons (Fsp3) is 0.304. The highest BCUT2D eigenvalue weighted by atomic mass is 35.5. The number of oxazole rings is 1. The Balaban J connectivity index is 1.32. The quantitative estimate of drug-likeness (QED) is 0.579. The molecule has 6 heteroatoms. The van der Waals surface area contributed by atoms with Crippen LogP contribution in [0.4, 0.5) is 11.4 Å². The van der Waals surface area contributed by atoms with E-state index in [0.29, 0.717) is 29.5 Å². The van der Waals surface area contributed by atoms with Crippen molar-refractivity contribution in [1.82, 2.24) is 4.98 Å². The molecule has 0 aliphatic carbocycles. The molecule has 4 rings (SSSR count). The van der Waals surface area contributed by atoms with E-state index < -0.39 is 0 Å². The Morgan fingerprint density at radius 1 is 1.10 bits per heavy atom. The average molecular weight is 410 g/mol. The Morgan fingerprint density at radius 3 is 2.69 bits per heavy atom. The van der Waals surface area contributed by atoms with Gasteiger partial charge in [0.05, 0.1) is 6.20 Å². The summed E-state index contributed by atoms with van der Waals surface area (Å²) in [5, 5.41) is 3.66. The van der Waals surface area contributed by atoms with Gasteiger partial charge in [-0.3, -0.25) is 4.79 Å². The summed E-state index contributed by atoms with van der Waals surface area (Å²) in [6, 6.07) is 15.5. The SMILES string of the molecule is O=C(CCc1ncc(-c2ccc(Cl)cc2)o1)Nc1cccc(N2CCCCC2)c1. The van der Waals surface area contributed by atoms with Crippen LogP contribution in [0.1, 0.15) is 31.6 Å². The maximum atomic E-state index is 12.4. The van der Waals surface area contributed by atoms with Crippen molar-refractivity contribution in [2.24, 2.45) is 0 Å². The smallest absolute Gasteiger partial charge is 0.224 e. The third kappa shape index (κ3) is 5.18. The van der Waals surface area contributed by atoms with Gasteiger partial charge in [0.15, 0.2) is 11.7 Å². The van der Waals surface area contributed by atoms with E-state index in [1.54, 1.807) is 6.20 Å². The molecule has 1 fully saturated rings. The lowest BCUT2D eigenvalue weighted by molar-refractivity contribution is -0.116. The number of carbonyl (C=O) groups excluding carboxylic acids is 1. The minimum atomic E-state index is -0.0490. The zero-order valence-electron chi connectivity index (χ0n) is 16.2. The second-order valence-corrected chi connectivity index (χ2v) is 7.71. The second-order valence-electron chi connectivity index (χ2n) is 7.27. The third-order valence-corrected chi connectivity index (χ3v) is 5.35. The number of hydrogen-bond donors (Lipinski definition) is 1. The summed E-state index contributed by atoms with van der Waals surface area (Å²) in [5.41, 5.74) is 2.90. The molecule has 29 heavy (non-hydrogen) atoms. The third-order valence-electron chi connectivity index (χ3n) is 5.10. The second kappa shape index (κ2) is 9.14. The maximum Gasteiger partial charge on any atom is 0.224 e. The van der Waals surface area contributed by atoms with E-state index in [2.05, 4.69) is 21.3 Å². The van der Waals surface area contributed by atoms with Gasteiger partial charge in [0.1, 0.15) is 0 Å². The molecule has 5 nitrogen and oxygen atoms in total. The topological polar surface area (TPSA) is 58.4 Å². The molecule has 1 aliphatic rings. The largest absolute Gasteiger partial charge is 0.441 e. The first kappa shape index (κ1) is 19.5. The molecule has 0 spiro atoms. The molecule has 3 aromatic rings. The van der Waals surface area contributed by atoms with Crippen molar-refractivity contribution in [3.8, 4) is 11.3 Å². The predicted molar refractivity (Wildman–Crippen MR) is 116 cm³/mol. The summed E-state index contributed by atoms with van der Waals surface area (Å²) < 4.78 is 5.77. The van der Waals surface area contributed by atoms with Gasteiger partial charge in [-0.2, -0.15) is 0 Å². The van der Waals surface area contributed by atoms with Crippen LogP contribution in [0.3, 0.4) is 0 Å². The molecule has 0 bridgehead atoms. The summed E-state index contributed by atoms with van der Waals surface area (Å²) in [5.74, 6) is 1.17. The normalized spacial score (nSPS) is 14.0. The number of aryl methyl sites for hydroxylation is 1. The van der Waals surface area contributed by atoms with Gasteiger partial charge in [0.25, 0.3) is 0 Å². The highest BCUT2D eigenvalue weighted by Crippen LogP contribution is 2.24. The van der Waals surface area contributed by atoms with Crippen LogP contribution in [0.15, 0.2) is 59.1 Å². The van der Waals surface area contributed by atoms with Crippen LogP contribution >= 0.6 is 11.6 Å². The van der Waals surface area contributed by atoms with Crippen LogP contribution in [0.5, 0.6) is 0 Å². The highest BCUT2D eigenvalue weighted by Gasteiger charge is 2.13. The first-order valence-corrected chi connectivity index (χ1v) is 10.4. The molecule has 1 aromatic heterocycles. The number of aromatic nitrogens is 1. The lowest BCUT2D eigenvalue weighted by Gasteiger charge is -2.29. The summed E-state index contributed by atoms with van der Waals surface area (Å²) in [6.07, 6.45) is 6.20. The molecule has 0 saturated carbocycles. The van der Waals surface area contributed by atoms with Crippen LogP contribution in [0.25, 0.3) is 11.3 Å². The fourth-order valence-electron chi connectivity index (χ4n) is 3.55. The average Bonchev–Trinajstić information content (AvgIpc) is 3.23. The number of nitrogens with one attached hydrogen (secondary N) is 1. The number of anilines is 2. The molecule has 150 valence electrons. The standard InChI is InChI=1S/C23H24ClN3O2/c24-18-9-7-17(8-10-18)21-16-25-23(29-21)12-11-22(28)26-19-5-4-6-20(15-19)27-13-2-1-3-14-27/h4-10,15-16H,1-3,11-14H2,(H,26,28). The fourth-order valence-corrected chi connectivity index (χ4v) is 3.68. The van der Waals surface area contributed by atoms with Crippen LogP contribution in [0.2, 0.25) is 5.02 Å². The Bertz CT molecular complexity index is 962. The lowest BCUT2D eigenvalue weighted by Crippen LogP contribution is -2.29. The Kier molecular flexibility index (Phi) is 6.15. The lowest BCUT2D eigenvalue weighted by atomic mass is 10.1. The van der Waals surface area contributed by atoms with Crippen molar-refractivity contribution in [2.45, 2.75) is 32.1 Å². The number of nitrogens with zero attached hydrogens (tertiary/aromatic N) is 2. The zero-order chi connectivity index (χ0) is 20.1. The minimum Gasteiger partial charge on any atom is -0.441 e. The van der Waals surface area contributed by atoms with Crippen molar-refractivity contribution >= 4 is 28.9 Å². The molecule has 1 aliphatic heterocycles. The first-order valence-electron chi connectivity index (χ1n) is 10.0. The van der Waals surface area contributed by atoms with Crippen molar-refractivity contribution in [3.05, 3.63) is 65.6 Å². The number of benzene rings is 2. The molecule has 0 radical (unpaired) electrons. The molecule has 2 aromatic carbocycles. The van der Waals surface area contributed by atoms with Gasteiger partial charge in [-0.15, -0.1) is 0 Å². The van der Waals surface area contributed by atoms with Gasteiger partial charge < -0.3 is 14.6 Å². The Labute approximate surface area is 175 Å². The van der Waals surface area contributed by atoms with Crippen LogP contribution in [-0.2, 0) is 11.2 Å². The van der Waals surface area contributed by atoms with E-state index in [4.69, 9.17) is 16.0 Å². The Morgan fingerprint density at radius 2 is 1.90 bits per heavy atom. The van der Waals surface area contributed by atoms with E-state index in [9.17, 15) is 4.79 Å². The zero-order valence-corrected chi connectivity index (χ0v) is 17.0.